The van der Waals surface area contributed by atoms with Crippen LogP contribution in [0.25, 0.3) is 5.69 Å². The number of hydrazone groups is 1. The van der Waals surface area contributed by atoms with E-state index in [0.29, 0.717) is 11.3 Å². The molecular weight excluding hydrogens is 334 g/mol. The number of carbonyl (C=O) groups excluding carboxylic acids is 1. The molecule has 1 amide bonds. The van der Waals surface area contributed by atoms with Crippen molar-refractivity contribution >= 4 is 17.3 Å². The second-order valence-electron chi connectivity index (χ2n) is 5.46. The van der Waals surface area contributed by atoms with Gasteiger partial charge in [-0.25, -0.2) is 10.4 Å². The fourth-order valence-corrected chi connectivity index (χ4v) is 2.28. The third-order valence-electron chi connectivity index (χ3n) is 3.75. The molecule has 3 rings (SSSR count). The van der Waals surface area contributed by atoms with Gasteiger partial charge in [-0.15, -0.1) is 0 Å². The maximum absolute atomic E-state index is 12.1. The van der Waals surface area contributed by atoms with Crippen molar-refractivity contribution in [3.8, 4) is 5.69 Å². The van der Waals surface area contributed by atoms with E-state index >= 15 is 0 Å². The topological polar surface area (TPSA) is 102 Å². The van der Waals surface area contributed by atoms with Crippen LogP contribution in [0.15, 0.2) is 72.4 Å². The molecular formula is C18H15N5O3. The molecule has 8 heteroatoms. The average molecular weight is 349 g/mol. The summed E-state index contributed by atoms with van der Waals surface area (Å²) in [4.78, 5) is 26.2. The number of benzene rings is 2. The van der Waals surface area contributed by atoms with Crippen molar-refractivity contribution in [2.45, 2.75) is 6.92 Å². The van der Waals surface area contributed by atoms with Crippen molar-refractivity contribution < 1.29 is 9.72 Å². The van der Waals surface area contributed by atoms with Crippen molar-refractivity contribution in [3.63, 3.8) is 0 Å². The minimum Gasteiger partial charge on any atom is -0.306 e. The third-order valence-corrected chi connectivity index (χ3v) is 3.75. The number of imidazole rings is 1. The summed E-state index contributed by atoms with van der Waals surface area (Å²) in [6.45, 7) is 1.78. The molecule has 0 bridgehead atoms. The van der Waals surface area contributed by atoms with Gasteiger partial charge in [-0.2, -0.15) is 5.10 Å². The first-order valence-electron chi connectivity index (χ1n) is 7.72. The number of hydrogen-bond acceptors (Lipinski definition) is 5. The zero-order valence-corrected chi connectivity index (χ0v) is 13.9. The van der Waals surface area contributed by atoms with Crippen LogP contribution in [0.4, 0.5) is 5.69 Å². The minimum absolute atomic E-state index is 0.0702. The highest BCUT2D eigenvalue weighted by atomic mass is 16.6. The molecule has 8 nitrogen and oxygen atoms in total. The molecule has 1 N–H and O–H groups in total. The molecule has 130 valence electrons. The third kappa shape index (κ3) is 3.81. The lowest BCUT2D eigenvalue weighted by atomic mass is 10.1. The first kappa shape index (κ1) is 17.0. The number of nitrogens with one attached hydrogen (secondary N) is 1. The monoisotopic (exact) mass is 349 g/mol. The molecule has 26 heavy (non-hydrogen) atoms. The number of nitro groups is 1. The summed E-state index contributed by atoms with van der Waals surface area (Å²) in [6.07, 6.45) is 5.26. The Morgan fingerprint density at radius 2 is 1.77 bits per heavy atom. The second-order valence-corrected chi connectivity index (χ2v) is 5.46. The summed E-state index contributed by atoms with van der Waals surface area (Å²) < 4.78 is 1.88. The van der Waals surface area contributed by atoms with Gasteiger partial charge in [0.25, 0.3) is 11.6 Å². The number of amides is 1. The molecule has 3 aromatic rings. The van der Waals surface area contributed by atoms with Gasteiger partial charge in [0.1, 0.15) is 0 Å². The lowest BCUT2D eigenvalue weighted by Crippen LogP contribution is -2.19. The highest BCUT2D eigenvalue weighted by Gasteiger charge is 2.09. The van der Waals surface area contributed by atoms with Crippen LogP contribution >= 0.6 is 0 Å². The van der Waals surface area contributed by atoms with E-state index in [0.717, 1.165) is 11.3 Å². The van der Waals surface area contributed by atoms with Crippen LogP contribution in [0.2, 0.25) is 0 Å². The summed E-state index contributed by atoms with van der Waals surface area (Å²) in [5.41, 5.74) is 5.14. The molecule has 1 aromatic heterocycles. The first-order valence-corrected chi connectivity index (χ1v) is 7.72. The number of nitro benzene ring substituents is 1. The van der Waals surface area contributed by atoms with Crippen molar-refractivity contribution in [1.29, 1.82) is 0 Å². The fourth-order valence-electron chi connectivity index (χ4n) is 2.28. The van der Waals surface area contributed by atoms with Gasteiger partial charge in [-0.3, -0.25) is 14.9 Å². The predicted octanol–water partition coefficient (Wildman–Crippen LogP) is 2.93. The van der Waals surface area contributed by atoms with Gasteiger partial charge in [-0.05, 0) is 36.8 Å². The van der Waals surface area contributed by atoms with Crippen LogP contribution < -0.4 is 5.43 Å². The quantitative estimate of drug-likeness (QED) is 0.434. The summed E-state index contributed by atoms with van der Waals surface area (Å²) >= 11 is 0. The van der Waals surface area contributed by atoms with E-state index in [1.807, 2.05) is 35.0 Å². The van der Waals surface area contributed by atoms with Gasteiger partial charge in [0.05, 0.1) is 17.0 Å². The molecule has 0 unspecified atom stereocenters. The normalized spacial score (nSPS) is 11.2. The van der Waals surface area contributed by atoms with Crippen LogP contribution in [0.1, 0.15) is 22.8 Å². The Bertz CT molecular complexity index is 946. The number of aromatic nitrogens is 2. The molecule has 0 aliphatic rings. The second kappa shape index (κ2) is 7.39. The highest BCUT2D eigenvalue weighted by molar-refractivity contribution is 6.01. The van der Waals surface area contributed by atoms with E-state index in [9.17, 15) is 14.9 Å². The van der Waals surface area contributed by atoms with E-state index in [1.54, 1.807) is 19.4 Å². The zero-order chi connectivity index (χ0) is 18.5. The van der Waals surface area contributed by atoms with Crippen LogP contribution in [0.3, 0.4) is 0 Å². The smallest absolute Gasteiger partial charge is 0.271 e. The predicted molar refractivity (Wildman–Crippen MR) is 96.3 cm³/mol. The van der Waals surface area contributed by atoms with Gasteiger partial charge >= 0.3 is 0 Å². The van der Waals surface area contributed by atoms with Crippen LogP contribution in [-0.2, 0) is 0 Å². The van der Waals surface area contributed by atoms with Gasteiger partial charge in [-0.1, -0.05) is 12.1 Å². The van der Waals surface area contributed by atoms with E-state index in [-0.39, 0.29) is 5.69 Å². The highest BCUT2D eigenvalue weighted by Crippen LogP contribution is 2.12. The Morgan fingerprint density at radius 3 is 2.35 bits per heavy atom. The van der Waals surface area contributed by atoms with Crippen molar-refractivity contribution in [3.05, 3.63) is 88.5 Å². The maximum atomic E-state index is 12.1. The fraction of sp³-hybridized carbons (Fsp3) is 0.0556. The number of non-ortho nitro benzene ring substituents is 1. The van der Waals surface area contributed by atoms with Gasteiger partial charge in [0.2, 0.25) is 0 Å². The van der Waals surface area contributed by atoms with Crippen LogP contribution in [0, 0.1) is 10.1 Å². The maximum Gasteiger partial charge on any atom is 0.271 e. The summed E-state index contributed by atoms with van der Waals surface area (Å²) in [5, 5.41) is 14.7. The number of hydrogen-bond donors (Lipinski definition) is 1. The molecule has 0 radical (unpaired) electrons. The molecule has 0 spiro atoms. The molecule has 0 atom stereocenters. The van der Waals surface area contributed by atoms with Crippen molar-refractivity contribution in [2.75, 3.05) is 0 Å². The van der Waals surface area contributed by atoms with Gasteiger partial charge in [0.15, 0.2) is 0 Å². The Kier molecular flexibility index (Phi) is 4.84. The molecule has 0 aliphatic heterocycles. The summed E-state index contributed by atoms with van der Waals surface area (Å²) in [6, 6.07) is 13.0. The Labute approximate surface area is 149 Å². The van der Waals surface area contributed by atoms with Crippen molar-refractivity contribution in [2.24, 2.45) is 5.10 Å². The summed E-state index contributed by atoms with van der Waals surface area (Å²) in [7, 11) is 0. The zero-order valence-electron chi connectivity index (χ0n) is 13.9. The lowest BCUT2D eigenvalue weighted by Gasteiger charge is -2.05. The first-order chi connectivity index (χ1) is 12.5. The standard InChI is InChI=1S/C18H15N5O3/c1-13(14-2-6-16(7-3-14)22-11-10-19-12-22)20-21-18(24)15-4-8-17(9-5-15)23(25)26/h2-12H,1H3,(H,21,24). The molecule has 1 heterocycles. The van der Waals surface area contributed by atoms with E-state index in [4.69, 9.17) is 0 Å². The number of carbonyl (C=O) groups is 1. The van der Waals surface area contributed by atoms with Gasteiger partial charge < -0.3 is 4.57 Å². The Hall–Kier alpha value is -3.81. The molecule has 0 saturated heterocycles. The van der Waals surface area contributed by atoms with E-state index in [2.05, 4.69) is 15.5 Å². The molecule has 2 aromatic carbocycles. The minimum atomic E-state index is -0.516. The van der Waals surface area contributed by atoms with E-state index in [1.165, 1.54) is 24.3 Å². The largest absolute Gasteiger partial charge is 0.306 e. The lowest BCUT2D eigenvalue weighted by molar-refractivity contribution is -0.384. The van der Waals surface area contributed by atoms with Crippen molar-refractivity contribution in [1.82, 2.24) is 15.0 Å². The molecule has 0 fully saturated rings. The Morgan fingerprint density at radius 1 is 1.12 bits per heavy atom. The van der Waals surface area contributed by atoms with E-state index < -0.39 is 10.8 Å². The van der Waals surface area contributed by atoms with Crippen LogP contribution in [0.5, 0.6) is 0 Å². The van der Waals surface area contributed by atoms with Crippen LogP contribution in [-0.4, -0.2) is 26.1 Å². The average Bonchev–Trinajstić information content (AvgIpc) is 3.21. The SMILES string of the molecule is CC(=NNC(=O)c1ccc([N+](=O)[O-])cc1)c1ccc(-n2ccnc2)cc1. The van der Waals surface area contributed by atoms with Gasteiger partial charge in [0, 0.05) is 35.8 Å². The molecule has 0 saturated carbocycles. The number of nitrogens with zero attached hydrogens (tertiary/aromatic N) is 4. The molecule has 0 aliphatic carbocycles. The number of rotatable bonds is 5. The Balaban J connectivity index is 1.67. The summed E-state index contributed by atoms with van der Waals surface area (Å²) in [5.74, 6) is -0.436.